The van der Waals surface area contributed by atoms with Gasteiger partial charge in [-0.15, -0.1) is 0 Å². The fourth-order valence-corrected chi connectivity index (χ4v) is 3.49. The van der Waals surface area contributed by atoms with Crippen LogP contribution in [0.2, 0.25) is 10.6 Å². The Labute approximate surface area is 131 Å². The van der Waals surface area contributed by atoms with Gasteiger partial charge in [-0.05, 0) is 0 Å². The van der Waals surface area contributed by atoms with Gasteiger partial charge in [-0.2, -0.15) is 0 Å². The fraction of sp³-hybridized carbons (Fsp3) is 0.429. The number of aliphatic carboxylic acids is 1. The van der Waals surface area contributed by atoms with E-state index >= 15 is 0 Å². The number of carbonyl (C=O) groups excluding carboxylic acids is 1. The second-order valence-corrected chi connectivity index (χ2v) is 6.93. The van der Waals surface area contributed by atoms with Gasteiger partial charge < -0.3 is 6.15 Å². The minimum atomic E-state index is -0.957. The zero-order valence-corrected chi connectivity index (χ0v) is 13.7. The average Bonchev–Trinajstić information content (AvgIpc) is 2.45. The van der Waals surface area contributed by atoms with Gasteiger partial charge >= 0.3 is 125 Å². The molecule has 21 heavy (non-hydrogen) atoms. The predicted molar refractivity (Wildman–Crippen MR) is 83.5 cm³/mol. The molecule has 0 aliphatic rings. The SMILES string of the molecule is N.NC(CC[Se]CCC(=O)NCc1ccccc1)C(=O)O. The standard InChI is InChI=1S/C14H20N2O3Se.H3N/c15-12(14(18)19)6-8-20-9-7-13(17)16-10-11-4-2-1-3-5-11;/h1-5,12H,6-10,15H2,(H,16,17)(H,18,19);1H3. The van der Waals surface area contributed by atoms with Gasteiger partial charge in [-0.1, -0.05) is 0 Å². The van der Waals surface area contributed by atoms with E-state index in [9.17, 15) is 9.59 Å². The van der Waals surface area contributed by atoms with E-state index in [4.69, 9.17) is 10.8 Å². The summed E-state index contributed by atoms with van der Waals surface area (Å²) in [7, 11) is 0. The van der Waals surface area contributed by atoms with Crippen LogP contribution in [0, 0.1) is 0 Å². The summed E-state index contributed by atoms with van der Waals surface area (Å²) in [5.41, 5.74) is 6.48. The van der Waals surface area contributed by atoms with Gasteiger partial charge in [-0.25, -0.2) is 0 Å². The number of rotatable bonds is 9. The molecule has 0 saturated carbocycles. The van der Waals surface area contributed by atoms with Crippen LogP contribution in [0.25, 0.3) is 0 Å². The van der Waals surface area contributed by atoms with Crippen molar-refractivity contribution in [1.82, 2.24) is 11.5 Å². The number of amides is 1. The third kappa shape index (κ3) is 9.20. The number of nitrogens with one attached hydrogen (secondary N) is 1. The number of hydrogen-bond acceptors (Lipinski definition) is 4. The van der Waals surface area contributed by atoms with Crippen molar-refractivity contribution in [3.05, 3.63) is 35.9 Å². The Morgan fingerprint density at radius 3 is 2.52 bits per heavy atom. The molecule has 1 aromatic rings. The Hall–Kier alpha value is -1.40. The first kappa shape index (κ1) is 19.6. The summed E-state index contributed by atoms with van der Waals surface area (Å²) in [6.45, 7) is 0.552. The molecule has 0 bridgehead atoms. The van der Waals surface area contributed by atoms with Crippen molar-refractivity contribution in [2.75, 3.05) is 0 Å². The van der Waals surface area contributed by atoms with Crippen molar-refractivity contribution in [3.8, 4) is 0 Å². The molecule has 1 atom stereocenters. The van der Waals surface area contributed by atoms with Crippen molar-refractivity contribution in [3.63, 3.8) is 0 Å². The first-order chi connectivity index (χ1) is 9.59. The Bertz CT molecular complexity index is 429. The van der Waals surface area contributed by atoms with Gasteiger partial charge in [0.2, 0.25) is 0 Å². The maximum atomic E-state index is 11.6. The number of carbonyl (C=O) groups is 2. The molecular formula is C14H23N3O3Se. The van der Waals surface area contributed by atoms with Crippen molar-refractivity contribution >= 4 is 26.8 Å². The quantitative estimate of drug-likeness (QED) is 0.389. The van der Waals surface area contributed by atoms with Gasteiger partial charge in [0.05, 0.1) is 0 Å². The van der Waals surface area contributed by atoms with E-state index in [1.807, 2.05) is 30.3 Å². The topological polar surface area (TPSA) is 127 Å². The Balaban J connectivity index is 0.00000400. The minimum absolute atomic E-state index is 0. The molecular weight excluding hydrogens is 337 g/mol. The third-order valence-corrected chi connectivity index (χ3v) is 4.83. The molecule has 1 rings (SSSR count). The molecule has 0 aliphatic heterocycles. The molecule has 7 N–H and O–H groups in total. The van der Waals surface area contributed by atoms with Crippen LogP contribution in [0.3, 0.4) is 0 Å². The molecule has 7 heteroatoms. The third-order valence-electron chi connectivity index (χ3n) is 2.70. The number of carboxylic acids is 1. The van der Waals surface area contributed by atoms with Crippen LogP contribution in [-0.4, -0.2) is 38.0 Å². The van der Waals surface area contributed by atoms with E-state index < -0.39 is 12.0 Å². The Morgan fingerprint density at radius 2 is 1.90 bits per heavy atom. The van der Waals surface area contributed by atoms with E-state index in [1.165, 1.54) is 0 Å². The molecule has 0 heterocycles. The van der Waals surface area contributed by atoms with Crippen LogP contribution in [0.4, 0.5) is 0 Å². The zero-order chi connectivity index (χ0) is 14.8. The molecule has 0 aliphatic carbocycles. The van der Waals surface area contributed by atoms with Crippen molar-refractivity contribution in [2.24, 2.45) is 5.73 Å². The van der Waals surface area contributed by atoms with Gasteiger partial charge in [0, 0.05) is 0 Å². The van der Waals surface area contributed by atoms with Crippen LogP contribution >= 0.6 is 0 Å². The summed E-state index contributed by atoms with van der Waals surface area (Å²) in [6.07, 6.45) is 0.982. The summed E-state index contributed by atoms with van der Waals surface area (Å²) in [4.78, 5) is 22.1. The van der Waals surface area contributed by atoms with Crippen LogP contribution < -0.4 is 17.2 Å². The van der Waals surface area contributed by atoms with E-state index in [0.29, 0.717) is 19.4 Å². The second kappa shape index (κ2) is 11.3. The molecule has 0 aromatic heterocycles. The monoisotopic (exact) mass is 361 g/mol. The first-order valence-electron chi connectivity index (χ1n) is 6.46. The molecule has 118 valence electrons. The molecule has 0 saturated heterocycles. The Kier molecular flexibility index (Phi) is 10.5. The van der Waals surface area contributed by atoms with E-state index in [1.54, 1.807) is 0 Å². The fourth-order valence-electron chi connectivity index (χ4n) is 1.49. The first-order valence-corrected chi connectivity index (χ1v) is 8.88. The van der Waals surface area contributed by atoms with Crippen LogP contribution in [0.1, 0.15) is 18.4 Å². The van der Waals surface area contributed by atoms with E-state index in [-0.39, 0.29) is 27.0 Å². The number of hydrogen-bond donors (Lipinski definition) is 4. The van der Waals surface area contributed by atoms with Gasteiger partial charge in [0.1, 0.15) is 0 Å². The molecule has 1 aromatic carbocycles. The normalized spacial score (nSPS) is 11.3. The summed E-state index contributed by atoms with van der Waals surface area (Å²) < 4.78 is 0. The number of nitrogens with two attached hydrogens (primary N) is 1. The molecule has 1 amide bonds. The average molecular weight is 360 g/mol. The summed E-state index contributed by atoms with van der Waals surface area (Å²) in [6, 6.07) is 8.99. The van der Waals surface area contributed by atoms with Crippen molar-refractivity contribution in [1.29, 1.82) is 0 Å². The van der Waals surface area contributed by atoms with Crippen molar-refractivity contribution < 1.29 is 14.7 Å². The second-order valence-electron chi connectivity index (χ2n) is 4.36. The maximum absolute atomic E-state index is 11.6. The predicted octanol–water partition coefficient (Wildman–Crippen LogP) is 1.20. The van der Waals surface area contributed by atoms with Gasteiger partial charge in [0.25, 0.3) is 0 Å². The van der Waals surface area contributed by atoms with Crippen LogP contribution in [-0.2, 0) is 16.1 Å². The summed E-state index contributed by atoms with van der Waals surface area (Å²) >= 11 is 0.275. The zero-order valence-electron chi connectivity index (χ0n) is 12.0. The van der Waals surface area contributed by atoms with Crippen molar-refractivity contribution in [2.45, 2.75) is 36.1 Å². The van der Waals surface area contributed by atoms with Crippen LogP contribution in [0.15, 0.2) is 30.3 Å². The summed E-state index contributed by atoms with van der Waals surface area (Å²) in [5, 5.41) is 13.1. The van der Waals surface area contributed by atoms with Crippen LogP contribution in [0.5, 0.6) is 0 Å². The number of benzene rings is 1. The molecule has 0 radical (unpaired) electrons. The Morgan fingerprint density at radius 1 is 1.24 bits per heavy atom. The molecule has 0 fully saturated rings. The van der Waals surface area contributed by atoms with E-state index in [0.717, 1.165) is 16.2 Å². The van der Waals surface area contributed by atoms with Gasteiger partial charge in [0.15, 0.2) is 0 Å². The molecule has 0 spiro atoms. The molecule has 1 unspecified atom stereocenters. The summed E-state index contributed by atoms with van der Waals surface area (Å²) in [5.74, 6) is -0.917. The van der Waals surface area contributed by atoms with E-state index in [2.05, 4.69) is 5.32 Å². The molecule has 6 nitrogen and oxygen atoms in total. The van der Waals surface area contributed by atoms with Gasteiger partial charge in [-0.3, -0.25) is 0 Å². The number of carboxylic acid groups (broad SMARTS) is 1.